The van der Waals surface area contributed by atoms with E-state index in [-0.39, 0.29) is 22.5 Å². The van der Waals surface area contributed by atoms with Crippen molar-refractivity contribution in [1.29, 1.82) is 0 Å². The van der Waals surface area contributed by atoms with Crippen molar-refractivity contribution < 1.29 is 22.7 Å². The summed E-state index contributed by atoms with van der Waals surface area (Å²) in [4.78, 5) is 21.5. The van der Waals surface area contributed by atoms with Crippen LogP contribution < -0.4 is 4.74 Å². The van der Waals surface area contributed by atoms with Crippen molar-refractivity contribution in [2.75, 3.05) is 19.7 Å². The molecule has 0 N–H and O–H groups in total. The molecule has 1 aromatic heterocycles. The van der Waals surface area contributed by atoms with Gasteiger partial charge in [0.1, 0.15) is 0 Å². The summed E-state index contributed by atoms with van der Waals surface area (Å²) in [7, 11) is 0. The summed E-state index contributed by atoms with van der Waals surface area (Å²) in [5.74, 6) is -0.0596. The van der Waals surface area contributed by atoms with Crippen LogP contribution in [0.3, 0.4) is 0 Å². The van der Waals surface area contributed by atoms with E-state index in [1.807, 2.05) is 0 Å². The van der Waals surface area contributed by atoms with Crippen LogP contribution in [0.15, 0.2) is 36.7 Å². The second kappa shape index (κ2) is 6.87. The smallest absolute Gasteiger partial charge is 0.416 e. The molecule has 0 saturated carbocycles. The van der Waals surface area contributed by atoms with Crippen molar-refractivity contribution in [3.05, 3.63) is 52.9 Å². The molecule has 0 bridgehead atoms. The summed E-state index contributed by atoms with van der Waals surface area (Å²) in [6, 6.07) is 4.42. The number of halogens is 4. The maximum atomic E-state index is 12.7. The van der Waals surface area contributed by atoms with Gasteiger partial charge in [0.15, 0.2) is 5.15 Å². The van der Waals surface area contributed by atoms with Crippen LogP contribution in [0.1, 0.15) is 15.9 Å². The highest BCUT2D eigenvalue weighted by Crippen LogP contribution is 2.30. The van der Waals surface area contributed by atoms with Gasteiger partial charge in [0.25, 0.3) is 5.91 Å². The highest BCUT2D eigenvalue weighted by molar-refractivity contribution is 6.29. The molecule has 132 valence electrons. The van der Waals surface area contributed by atoms with E-state index in [4.69, 9.17) is 16.3 Å². The molecule has 9 heteroatoms. The van der Waals surface area contributed by atoms with Gasteiger partial charge < -0.3 is 9.64 Å². The van der Waals surface area contributed by atoms with E-state index in [0.29, 0.717) is 19.7 Å². The number of rotatable bonds is 4. The lowest BCUT2D eigenvalue weighted by molar-refractivity contribution is -0.137. The second-order valence-corrected chi connectivity index (χ2v) is 6.03. The third-order valence-corrected chi connectivity index (χ3v) is 3.91. The van der Waals surface area contributed by atoms with Crippen LogP contribution in [0.5, 0.6) is 5.88 Å². The number of likely N-dealkylation sites (tertiary alicyclic amines) is 1. The number of amides is 1. The van der Waals surface area contributed by atoms with Crippen molar-refractivity contribution in [3.8, 4) is 5.88 Å². The van der Waals surface area contributed by atoms with Crippen LogP contribution in [-0.4, -0.2) is 40.5 Å². The number of carbonyl (C=O) groups is 1. The fraction of sp³-hybridized carbons (Fsp3) is 0.312. The second-order valence-electron chi connectivity index (χ2n) is 5.65. The third kappa shape index (κ3) is 4.19. The van der Waals surface area contributed by atoms with Crippen LogP contribution in [0.25, 0.3) is 0 Å². The molecule has 1 aromatic carbocycles. The lowest BCUT2D eigenvalue weighted by atomic mass is 9.99. The third-order valence-electron chi connectivity index (χ3n) is 3.73. The molecule has 1 saturated heterocycles. The zero-order valence-corrected chi connectivity index (χ0v) is 13.6. The molecule has 2 aromatic rings. The Kier molecular flexibility index (Phi) is 4.80. The molecule has 0 atom stereocenters. The average molecular weight is 372 g/mol. The number of nitrogens with zero attached hydrogens (tertiary/aromatic N) is 3. The average Bonchev–Trinajstić information content (AvgIpc) is 2.52. The number of hydrogen-bond donors (Lipinski definition) is 0. The first-order chi connectivity index (χ1) is 11.8. The van der Waals surface area contributed by atoms with E-state index < -0.39 is 17.6 Å². The molecule has 1 amide bonds. The lowest BCUT2D eigenvalue weighted by Crippen LogP contribution is -2.52. The molecular formula is C16H13ClF3N3O2. The molecule has 2 heterocycles. The summed E-state index contributed by atoms with van der Waals surface area (Å²) in [5.41, 5.74) is -0.812. The number of aromatic nitrogens is 2. The van der Waals surface area contributed by atoms with E-state index in [9.17, 15) is 18.0 Å². The zero-order valence-electron chi connectivity index (χ0n) is 12.8. The Morgan fingerprint density at radius 1 is 1.32 bits per heavy atom. The summed E-state index contributed by atoms with van der Waals surface area (Å²) in [6.45, 7) is 1.13. The van der Waals surface area contributed by atoms with Crippen molar-refractivity contribution in [2.45, 2.75) is 6.18 Å². The number of benzene rings is 1. The highest BCUT2D eigenvalue weighted by atomic mass is 35.5. The maximum Gasteiger partial charge on any atom is 0.416 e. The number of hydrogen-bond acceptors (Lipinski definition) is 4. The van der Waals surface area contributed by atoms with Crippen molar-refractivity contribution in [2.24, 2.45) is 5.92 Å². The van der Waals surface area contributed by atoms with Crippen LogP contribution in [0, 0.1) is 5.92 Å². The van der Waals surface area contributed by atoms with Crippen LogP contribution in [-0.2, 0) is 6.18 Å². The summed E-state index contributed by atoms with van der Waals surface area (Å²) in [5, 5.41) is 0.215. The predicted molar refractivity (Wildman–Crippen MR) is 83.4 cm³/mol. The quantitative estimate of drug-likeness (QED) is 0.827. The van der Waals surface area contributed by atoms with E-state index in [2.05, 4.69) is 9.97 Å². The number of ether oxygens (including phenoxy) is 1. The van der Waals surface area contributed by atoms with Crippen molar-refractivity contribution in [1.82, 2.24) is 14.9 Å². The van der Waals surface area contributed by atoms with Gasteiger partial charge in [0.05, 0.1) is 24.6 Å². The summed E-state index contributed by atoms with van der Waals surface area (Å²) in [6.07, 6.45) is -1.66. The first-order valence-corrected chi connectivity index (χ1v) is 7.77. The molecule has 0 radical (unpaired) electrons. The largest absolute Gasteiger partial charge is 0.476 e. The Bertz CT molecular complexity index is 779. The highest BCUT2D eigenvalue weighted by Gasteiger charge is 2.34. The fourth-order valence-corrected chi connectivity index (χ4v) is 2.59. The van der Waals surface area contributed by atoms with Gasteiger partial charge >= 0.3 is 6.18 Å². The monoisotopic (exact) mass is 371 g/mol. The van der Waals surface area contributed by atoms with Crippen LogP contribution in [0.2, 0.25) is 5.15 Å². The van der Waals surface area contributed by atoms with Gasteiger partial charge in [-0.25, -0.2) is 0 Å². The standard InChI is InChI=1S/C16H13ClF3N3O2/c17-13-5-21-6-14(22-13)25-9-10-7-23(8-10)15(24)11-2-1-3-12(4-11)16(18,19)20/h1-6,10H,7-9H2. The van der Waals surface area contributed by atoms with Gasteiger partial charge in [0, 0.05) is 24.6 Å². The molecule has 5 nitrogen and oxygen atoms in total. The Morgan fingerprint density at radius 2 is 2.08 bits per heavy atom. The fourth-order valence-electron chi connectivity index (χ4n) is 2.45. The summed E-state index contributed by atoms with van der Waals surface area (Å²) < 4.78 is 43.6. The molecule has 3 rings (SSSR count). The van der Waals surface area contributed by atoms with Crippen LogP contribution in [0.4, 0.5) is 13.2 Å². The van der Waals surface area contributed by atoms with Gasteiger partial charge in [-0.1, -0.05) is 17.7 Å². The Hall–Kier alpha value is -2.35. The SMILES string of the molecule is O=C(c1cccc(C(F)(F)F)c1)N1CC(COc2cncc(Cl)n2)C1. The van der Waals surface area contributed by atoms with Gasteiger partial charge in [-0.3, -0.25) is 9.78 Å². The normalized spacial score (nSPS) is 15.0. The summed E-state index contributed by atoms with van der Waals surface area (Å²) >= 11 is 5.70. The van der Waals surface area contributed by atoms with Gasteiger partial charge in [-0.05, 0) is 18.2 Å². The molecule has 0 spiro atoms. The Balaban J connectivity index is 1.53. The number of carbonyl (C=O) groups excluding carboxylic acids is 1. The minimum Gasteiger partial charge on any atom is -0.476 e. The first kappa shape index (κ1) is 17.5. The minimum atomic E-state index is -4.47. The van der Waals surface area contributed by atoms with E-state index in [1.54, 1.807) is 0 Å². The minimum absolute atomic E-state index is 0.0231. The van der Waals surface area contributed by atoms with Gasteiger partial charge in [-0.15, -0.1) is 0 Å². The maximum absolute atomic E-state index is 12.7. The molecule has 1 aliphatic rings. The zero-order chi connectivity index (χ0) is 18.0. The van der Waals surface area contributed by atoms with E-state index >= 15 is 0 Å². The van der Waals surface area contributed by atoms with E-state index in [1.165, 1.54) is 29.4 Å². The predicted octanol–water partition coefficient (Wildman–Crippen LogP) is 3.30. The molecule has 1 aliphatic heterocycles. The van der Waals surface area contributed by atoms with Crippen molar-refractivity contribution in [3.63, 3.8) is 0 Å². The molecular weight excluding hydrogens is 359 g/mol. The van der Waals surface area contributed by atoms with Crippen LogP contribution >= 0.6 is 11.6 Å². The molecule has 25 heavy (non-hydrogen) atoms. The Labute approximate surface area is 146 Å². The van der Waals surface area contributed by atoms with E-state index in [0.717, 1.165) is 12.1 Å². The van der Waals surface area contributed by atoms with Gasteiger partial charge in [-0.2, -0.15) is 18.2 Å². The molecule has 0 aliphatic carbocycles. The number of alkyl halides is 3. The first-order valence-electron chi connectivity index (χ1n) is 7.40. The Morgan fingerprint density at radius 3 is 2.76 bits per heavy atom. The van der Waals surface area contributed by atoms with Crippen molar-refractivity contribution >= 4 is 17.5 Å². The molecule has 0 unspecified atom stereocenters. The van der Waals surface area contributed by atoms with Gasteiger partial charge in [0.2, 0.25) is 5.88 Å². The lowest BCUT2D eigenvalue weighted by Gasteiger charge is -2.39. The topological polar surface area (TPSA) is 55.3 Å². The molecule has 1 fully saturated rings.